The average Bonchev–Trinajstić information content (AvgIpc) is 2.34. The standard InChI is InChI=1S/C8H18N2/c1-6-3-4-8(5-6)7(2)10-9/h6-8,10H,3-5,9H2,1-2H3. The van der Waals surface area contributed by atoms with Gasteiger partial charge in [0.15, 0.2) is 0 Å². The van der Waals surface area contributed by atoms with Crippen molar-refractivity contribution in [2.24, 2.45) is 17.7 Å². The van der Waals surface area contributed by atoms with Crippen molar-refractivity contribution in [2.45, 2.75) is 39.2 Å². The molecule has 0 aromatic heterocycles. The third-order valence-corrected chi connectivity index (χ3v) is 2.71. The van der Waals surface area contributed by atoms with Crippen molar-refractivity contribution in [3.05, 3.63) is 0 Å². The van der Waals surface area contributed by atoms with E-state index in [2.05, 4.69) is 19.3 Å². The fourth-order valence-electron chi connectivity index (χ4n) is 1.84. The van der Waals surface area contributed by atoms with Gasteiger partial charge in [-0.15, -0.1) is 0 Å². The van der Waals surface area contributed by atoms with Crippen molar-refractivity contribution < 1.29 is 0 Å². The second kappa shape index (κ2) is 3.35. The van der Waals surface area contributed by atoms with Crippen LogP contribution < -0.4 is 11.3 Å². The molecular formula is C8H18N2. The molecule has 3 atom stereocenters. The van der Waals surface area contributed by atoms with Crippen molar-refractivity contribution >= 4 is 0 Å². The van der Waals surface area contributed by atoms with Gasteiger partial charge in [0, 0.05) is 6.04 Å². The van der Waals surface area contributed by atoms with E-state index in [-0.39, 0.29) is 0 Å². The van der Waals surface area contributed by atoms with E-state index in [0.29, 0.717) is 6.04 Å². The Hall–Kier alpha value is -0.0800. The molecule has 0 aromatic carbocycles. The van der Waals surface area contributed by atoms with Gasteiger partial charge in [0.2, 0.25) is 0 Å². The van der Waals surface area contributed by atoms with Crippen molar-refractivity contribution in [3.8, 4) is 0 Å². The first kappa shape index (κ1) is 8.02. The van der Waals surface area contributed by atoms with Gasteiger partial charge in [-0.05, 0) is 31.6 Å². The van der Waals surface area contributed by atoms with Gasteiger partial charge in [0.05, 0.1) is 0 Å². The molecule has 0 aliphatic heterocycles. The predicted molar refractivity (Wildman–Crippen MR) is 43.3 cm³/mol. The van der Waals surface area contributed by atoms with E-state index in [1.54, 1.807) is 0 Å². The van der Waals surface area contributed by atoms with E-state index >= 15 is 0 Å². The Morgan fingerprint density at radius 1 is 1.50 bits per heavy atom. The maximum absolute atomic E-state index is 5.35. The Kier molecular flexibility index (Phi) is 2.69. The first-order valence-corrected chi connectivity index (χ1v) is 4.20. The molecule has 2 heteroatoms. The van der Waals surface area contributed by atoms with Crippen LogP contribution in [0.25, 0.3) is 0 Å². The second-order valence-corrected chi connectivity index (χ2v) is 3.63. The zero-order valence-electron chi connectivity index (χ0n) is 6.93. The molecule has 1 saturated carbocycles. The molecular weight excluding hydrogens is 124 g/mol. The number of hydrogen-bond acceptors (Lipinski definition) is 2. The minimum absolute atomic E-state index is 0.505. The van der Waals surface area contributed by atoms with E-state index in [1.165, 1.54) is 19.3 Å². The van der Waals surface area contributed by atoms with Crippen molar-refractivity contribution in [1.82, 2.24) is 5.43 Å². The number of nitrogens with one attached hydrogen (secondary N) is 1. The van der Waals surface area contributed by atoms with Gasteiger partial charge in [-0.2, -0.15) is 0 Å². The van der Waals surface area contributed by atoms with Gasteiger partial charge in [-0.1, -0.05) is 13.3 Å². The fourth-order valence-corrected chi connectivity index (χ4v) is 1.84. The SMILES string of the molecule is CC1CCC(C(C)NN)C1. The Balaban J connectivity index is 2.29. The van der Waals surface area contributed by atoms with Crippen molar-refractivity contribution in [3.63, 3.8) is 0 Å². The second-order valence-electron chi connectivity index (χ2n) is 3.63. The van der Waals surface area contributed by atoms with Crippen LogP contribution in [0.3, 0.4) is 0 Å². The molecule has 1 aliphatic rings. The lowest BCUT2D eigenvalue weighted by Crippen LogP contribution is -2.37. The summed E-state index contributed by atoms with van der Waals surface area (Å²) in [4.78, 5) is 0. The summed E-state index contributed by atoms with van der Waals surface area (Å²) in [6.07, 6.45) is 4.09. The summed E-state index contributed by atoms with van der Waals surface area (Å²) < 4.78 is 0. The quantitative estimate of drug-likeness (QED) is 0.450. The van der Waals surface area contributed by atoms with Gasteiger partial charge in [0.25, 0.3) is 0 Å². The molecule has 0 aromatic rings. The molecule has 0 bridgehead atoms. The van der Waals surface area contributed by atoms with E-state index < -0.39 is 0 Å². The molecule has 10 heavy (non-hydrogen) atoms. The predicted octanol–water partition coefficient (Wildman–Crippen LogP) is 1.27. The Labute approximate surface area is 63.1 Å². The molecule has 0 saturated heterocycles. The first-order valence-electron chi connectivity index (χ1n) is 4.20. The molecule has 0 amide bonds. The highest BCUT2D eigenvalue weighted by atomic mass is 15.2. The summed E-state index contributed by atoms with van der Waals surface area (Å²) in [6.45, 7) is 4.49. The van der Waals surface area contributed by atoms with Crippen LogP contribution in [0.2, 0.25) is 0 Å². The van der Waals surface area contributed by atoms with Crippen molar-refractivity contribution in [1.29, 1.82) is 0 Å². The molecule has 2 nitrogen and oxygen atoms in total. The van der Waals surface area contributed by atoms with Crippen LogP contribution in [0.4, 0.5) is 0 Å². The zero-order chi connectivity index (χ0) is 7.56. The Morgan fingerprint density at radius 3 is 2.60 bits per heavy atom. The Morgan fingerprint density at radius 2 is 2.20 bits per heavy atom. The van der Waals surface area contributed by atoms with E-state index in [0.717, 1.165) is 11.8 Å². The lowest BCUT2D eigenvalue weighted by atomic mass is 9.99. The van der Waals surface area contributed by atoms with Gasteiger partial charge >= 0.3 is 0 Å². The fraction of sp³-hybridized carbons (Fsp3) is 1.00. The highest BCUT2D eigenvalue weighted by Crippen LogP contribution is 2.32. The van der Waals surface area contributed by atoms with Crippen LogP contribution in [0.15, 0.2) is 0 Å². The maximum atomic E-state index is 5.35. The minimum atomic E-state index is 0.505. The van der Waals surface area contributed by atoms with Gasteiger partial charge in [-0.25, -0.2) is 0 Å². The van der Waals surface area contributed by atoms with E-state index in [9.17, 15) is 0 Å². The lowest BCUT2D eigenvalue weighted by molar-refractivity contribution is 0.378. The number of hydrogen-bond donors (Lipinski definition) is 2. The first-order chi connectivity index (χ1) is 4.74. The molecule has 3 N–H and O–H groups in total. The molecule has 1 fully saturated rings. The maximum Gasteiger partial charge on any atom is 0.0210 e. The summed E-state index contributed by atoms with van der Waals surface area (Å²) in [5.74, 6) is 7.08. The van der Waals surface area contributed by atoms with E-state index in [1.807, 2.05) is 0 Å². The summed E-state index contributed by atoms with van der Waals surface area (Å²) >= 11 is 0. The van der Waals surface area contributed by atoms with Crippen molar-refractivity contribution in [2.75, 3.05) is 0 Å². The number of hydrazine groups is 1. The minimum Gasteiger partial charge on any atom is -0.271 e. The van der Waals surface area contributed by atoms with Crippen LogP contribution in [0.5, 0.6) is 0 Å². The molecule has 0 heterocycles. The number of nitrogens with two attached hydrogens (primary N) is 1. The molecule has 1 rings (SSSR count). The van der Waals surface area contributed by atoms with Crippen LogP contribution in [0, 0.1) is 11.8 Å². The molecule has 3 unspecified atom stereocenters. The molecule has 1 aliphatic carbocycles. The molecule has 60 valence electrons. The lowest BCUT2D eigenvalue weighted by Gasteiger charge is -2.17. The molecule has 0 radical (unpaired) electrons. The zero-order valence-corrected chi connectivity index (χ0v) is 6.93. The summed E-state index contributed by atoms with van der Waals surface area (Å²) in [5, 5.41) is 0. The van der Waals surface area contributed by atoms with Gasteiger partial charge in [-0.3, -0.25) is 11.3 Å². The van der Waals surface area contributed by atoms with Crippen LogP contribution in [0.1, 0.15) is 33.1 Å². The van der Waals surface area contributed by atoms with Crippen LogP contribution in [-0.4, -0.2) is 6.04 Å². The third kappa shape index (κ3) is 1.70. The topological polar surface area (TPSA) is 38.0 Å². The summed E-state index contributed by atoms with van der Waals surface area (Å²) in [5.41, 5.74) is 2.83. The number of rotatable bonds is 2. The molecule has 0 spiro atoms. The largest absolute Gasteiger partial charge is 0.271 e. The van der Waals surface area contributed by atoms with Gasteiger partial charge < -0.3 is 0 Å². The Bertz CT molecular complexity index is 103. The van der Waals surface area contributed by atoms with Gasteiger partial charge in [0.1, 0.15) is 0 Å². The van der Waals surface area contributed by atoms with Crippen LogP contribution in [-0.2, 0) is 0 Å². The highest BCUT2D eigenvalue weighted by Gasteiger charge is 2.24. The summed E-state index contributed by atoms with van der Waals surface area (Å²) in [7, 11) is 0. The average molecular weight is 142 g/mol. The normalized spacial score (nSPS) is 36.3. The third-order valence-electron chi connectivity index (χ3n) is 2.71. The van der Waals surface area contributed by atoms with Crippen LogP contribution >= 0.6 is 0 Å². The smallest absolute Gasteiger partial charge is 0.0210 e. The monoisotopic (exact) mass is 142 g/mol. The summed E-state index contributed by atoms with van der Waals surface area (Å²) in [6, 6.07) is 0.505. The van der Waals surface area contributed by atoms with E-state index in [4.69, 9.17) is 5.84 Å². The highest BCUT2D eigenvalue weighted by molar-refractivity contribution is 4.78.